The Bertz CT molecular complexity index is 698. The molecule has 1 aromatic carbocycles. The maximum Gasteiger partial charge on any atom is 0.290 e. The predicted molar refractivity (Wildman–Crippen MR) is 88.9 cm³/mol. The molecule has 24 heavy (non-hydrogen) atoms. The van der Waals surface area contributed by atoms with Crippen LogP contribution in [0.5, 0.6) is 5.75 Å². The van der Waals surface area contributed by atoms with E-state index < -0.39 is 17.7 Å². The van der Waals surface area contributed by atoms with Gasteiger partial charge in [-0.1, -0.05) is 31.5 Å². The number of amides is 1. The van der Waals surface area contributed by atoms with Crippen LogP contribution < -0.4 is 0 Å². The number of halogens is 1. The van der Waals surface area contributed by atoms with Crippen molar-refractivity contribution in [1.82, 2.24) is 4.90 Å². The van der Waals surface area contributed by atoms with Gasteiger partial charge in [0.2, 0.25) is 0 Å². The van der Waals surface area contributed by atoms with Gasteiger partial charge in [0.25, 0.3) is 5.91 Å². The van der Waals surface area contributed by atoms with Crippen molar-refractivity contribution in [2.75, 3.05) is 20.3 Å². The first-order chi connectivity index (χ1) is 11.3. The standard InChI is InChI=1S/C17H20ClNO5/c1-9(2)15(21)13-14(10-4-5-12(20)11(18)8-10)19(6-7-24-3)17(23)16(13)22/h4-5,8-9,14,20,22H,6-7H2,1-3H3. The Morgan fingerprint density at radius 1 is 1.38 bits per heavy atom. The molecular formula is C17H20ClNO5. The lowest BCUT2D eigenvalue weighted by Gasteiger charge is -2.27. The Morgan fingerprint density at radius 2 is 2.04 bits per heavy atom. The van der Waals surface area contributed by atoms with Crippen molar-refractivity contribution in [3.05, 3.63) is 40.1 Å². The molecule has 1 amide bonds. The van der Waals surface area contributed by atoms with Crippen LogP contribution in [-0.2, 0) is 14.3 Å². The van der Waals surface area contributed by atoms with Gasteiger partial charge in [-0.2, -0.15) is 0 Å². The summed E-state index contributed by atoms with van der Waals surface area (Å²) in [5, 5.41) is 20.0. The smallest absolute Gasteiger partial charge is 0.290 e. The highest BCUT2D eigenvalue weighted by Gasteiger charge is 2.43. The fraction of sp³-hybridized carbons (Fsp3) is 0.412. The van der Waals surface area contributed by atoms with E-state index in [9.17, 15) is 19.8 Å². The van der Waals surface area contributed by atoms with Crippen LogP contribution in [0, 0.1) is 5.92 Å². The van der Waals surface area contributed by atoms with E-state index in [2.05, 4.69) is 0 Å². The molecule has 2 N–H and O–H groups in total. The van der Waals surface area contributed by atoms with Crippen molar-refractivity contribution in [3.8, 4) is 5.75 Å². The van der Waals surface area contributed by atoms with Crippen LogP contribution >= 0.6 is 11.6 Å². The third kappa shape index (κ3) is 3.25. The fourth-order valence-electron chi connectivity index (χ4n) is 2.68. The van der Waals surface area contributed by atoms with E-state index in [1.807, 2.05) is 0 Å². The highest BCUT2D eigenvalue weighted by Crippen LogP contribution is 2.40. The van der Waals surface area contributed by atoms with Crippen LogP contribution in [0.25, 0.3) is 0 Å². The second-order valence-electron chi connectivity index (χ2n) is 5.89. The predicted octanol–water partition coefficient (Wildman–Crippen LogP) is 2.61. The summed E-state index contributed by atoms with van der Waals surface area (Å²) in [6, 6.07) is 3.69. The number of hydrogen-bond donors (Lipinski definition) is 2. The van der Waals surface area contributed by atoms with Crippen LogP contribution in [-0.4, -0.2) is 47.1 Å². The van der Waals surface area contributed by atoms with E-state index in [0.717, 1.165) is 0 Å². The van der Waals surface area contributed by atoms with Crippen molar-refractivity contribution in [2.24, 2.45) is 5.92 Å². The van der Waals surface area contributed by atoms with Crippen molar-refractivity contribution in [3.63, 3.8) is 0 Å². The lowest BCUT2D eigenvalue weighted by atomic mass is 9.91. The number of phenols is 1. The number of ether oxygens (including phenoxy) is 1. The van der Waals surface area contributed by atoms with Crippen molar-refractivity contribution in [1.29, 1.82) is 0 Å². The Hall–Kier alpha value is -2.05. The molecule has 1 aromatic rings. The van der Waals surface area contributed by atoms with E-state index in [0.29, 0.717) is 5.56 Å². The van der Waals surface area contributed by atoms with Crippen molar-refractivity contribution >= 4 is 23.3 Å². The van der Waals surface area contributed by atoms with Crippen molar-refractivity contribution < 1.29 is 24.5 Å². The Kier molecular flexibility index (Phi) is 5.51. The van der Waals surface area contributed by atoms with Gasteiger partial charge in [-0.25, -0.2) is 0 Å². The Morgan fingerprint density at radius 3 is 2.58 bits per heavy atom. The van der Waals surface area contributed by atoms with Crippen LogP contribution in [0.2, 0.25) is 5.02 Å². The average Bonchev–Trinajstić information content (AvgIpc) is 2.79. The molecule has 0 radical (unpaired) electrons. The SMILES string of the molecule is COCCN1C(=O)C(O)=C(C(=O)C(C)C)C1c1ccc(O)c(Cl)c1. The second-order valence-corrected chi connectivity index (χ2v) is 6.29. The molecule has 130 valence electrons. The minimum Gasteiger partial charge on any atom is -0.506 e. The maximum atomic E-state index is 12.5. The van der Waals surface area contributed by atoms with Gasteiger partial charge in [0.15, 0.2) is 11.5 Å². The molecule has 1 atom stereocenters. The number of aromatic hydroxyl groups is 1. The number of Topliss-reactive ketones (excluding diaryl/α,β-unsaturated/α-hetero) is 1. The summed E-state index contributed by atoms with van der Waals surface area (Å²) in [5.74, 6) is -1.95. The van der Waals surface area contributed by atoms with Gasteiger partial charge in [0.05, 0.1) is 23.2 Å². The van der Waals surface area contributed by atoms with Crippen molar-refractivity contribution in [2.45, 2.75) is 19.9 Å². The number of carbonyl (C=O) groups excluding carboxylic acids is 2. The van der Waals surface area contributed by atoms with E-state index >= 15 is 0 Å². The molecule has 0 spiro atoms. The zero-order valence-corrected chi connectivity index (χ0v) is 14.5. The molecule has 0 fully saturated rings. The number of carbonyl (C=O) groups is 2. The third-order valence-corrected chi connectivity index (χ3v) is 4.22. The first kappa shape index (κ1) is 18.3. The number of ketones is 1. The molecule has 1 heterocycles. The Balaban J connectivity index is 2.55. The summed E-state index contributed by atoms with van der Waals surface area (Å²) in [6.45, 7) is 3.86. The quantitative estimate of drug-likeness (QED) is 0.820. The van der Waals surface area contributed by atoms with E-state index in [-0.39, 0.29) is 41.2 Å². The molecule has 7 heteroatoms. The summed E-state index contributed by atoms with van der Waals surface area (Å²) in [4.78, 5) is 26.3. The fourth-order valence-corrected chi connectivity index (χ4v) is 2.87. The first-order valence-electron chi connectivity index (χ1n) is 7.55. The van der Waals surface area contributed by atoms with E-state index in [1.54, 1.807) is 19.9 Å². The normalized spacial score (nSPS) is 18.0. The Labute approximate surface area is 145 Å². The molecule has 1 unspecified atom stereocenters. The second kappa shape index (κ2) is 7.23. The third-order valence-electron chi connectivity index (χ3n) is 3.92. The van der Waals surface area contributed by atoms with Crippen LogP contribution in [0.4, 0.5) is 0 Å². The number of phenolic OH excluding ortho intramolecular Hbond substituents is 1. The van der Waals surface area contributed by atoms with Gasteiger partial charge < -0.3 is 19.8 Å². The van der Waals surface area contributed by atoms with Crippen LogP contribution in [0.1, 0.15) is 25.5 Å². The van der Waals surface area contributed by atoms with Crippen LogP contribution in [0.3, 0.4) is 0 Å². The molecule has 6 nitrogen and oxygen atoms in total. The largest absolute Gasteiger partial charge is 0.506 e. The summed E-state index contributed by atoms with van der Waals surface area (Å²) >= 11 is 5.97. The number of nitrogens with zero attached hydrogens (tertiary/aromatic N) is 1. The van der Waals surface area contributed by atoms with Crippen LogP contribution in [0.15, 0.2) is 29.5 Å². The van der Waals surface area contributed by atoms with E-state index in [1.165, 1.54) is 24.1 Å². The first-order valence-corrected chi connectivity index (χ1v) is 7.93. The maximum absolute atomic E-state index is 12.5. The number of methoxy groups -OCH3 is 1. The van der Waals surface area contributed by atoms with Gasteiger partial charge in [0, 0.05) is 19.6 Å². The van der Waals surface area contributed by atoms with Gasteiger partial charge in [-0.05, 0) is 17.7 Å². The molecule has 1 aliphatic rings. The number of benzene rings is 1. The van der Waals surface area contributed by atoms with Gasteiger partial charge >= 0.3 is 0 Å². The summed E-state index contributed by atoms with van der Waals surface area (Å²) in [6.07, 6.45) is 0. The summed E-state index contributed by atoms with van der Waals surface area (Å²) in [5.41, 5.74) is 0.586. The number of aliphatic hydroxyl groups is 1. The molecule has 0 aromatic heterocycles. The van der Waals surface area contributed by atoms with Gasteiger partial charge in [-0.15, -0.1) is 0 Å². The molecule has 0 aliphatic carbocycles. The zero-order chi connectivity index (χ0) is 18.0. The number of aliphatic hydroxyl groups excluding tert-OH is 1. The summed E-state index contributed by atoms with van der Waals surface area (Å²) in [7, 11) is 1.50. The molecule has 0 bridgehead atoms. The molecule has 0 saturated carbocycles. The lowest BCUT2D eigenvalue weighted by Crippen LogP contribution is -2.34. The monoisotopic (exact) mass is 353 g/mol. The number of rotatable bonds is 6. The highest BCUT2D eigenvalue weighted by atomic mass is 35.5. The van der Waals surface area contributed by atoms with Gasteiger partial charge in [0.1, 0.15) is 5.75 Å². The average molecular weight is 354 g/mol. The minimum absolute atomic E-state index is 0.0489. The molecular weight excluding hydrogens is 334 g/mol. The summed E-state index contributed by atoms with van der Waals surface area (Å²) < 4.78 is 5.01. The number of hydrogen-bond acceptors (Lipinski definition) is 5. The van der Waals surface area contributed by atoms with E-state index in [4.69, 9.17) is 16.3 Å². The lowest BCUT2D eigenvalue weighted by molar-refractivity contribution is -0.130. The highest BCUT2D eigenvalue weighted by molar-refractivity contribution is 6.32. The molecule has 0 saturated heterocycles. The zero-order valence-electron chi connectivity index (χ0n) is 13.7. The molecule has 2 rings (SSSR count). The topological polar surface area (TPSA) is 87.1 Å². The minimum atomic E-state index is -0.763. The van der Waals surface area contributed by atoms with Gasteiger partial charge in [-0.3, -0.25) is 9.59 Å². The molecule has 1 aliphatic heterocycles.